The maximum atomic E-state index is 13.2. The van der Waals surface area contributed by atoms with Crippen molar-refractivity contribution in [2.75, 3.05) is 12.9 Å². The van der Waals surface area contributed by atoms with Gasteiger partial charge in [0.05, 0.1) is 25.7 Å². The van der Waals surface area contributed by atoms with Gasteiger partial charge in [-0.25, -0.2) is 0 Å². The van der Waals surface area contributed by atoms with Gasteiger partial charge in [-0.3, -0.25) is 4.79 Å². The van der Waals surface area contributed by atoms with Crippen LogP contribution in [-0.4, -0.2) is 43.9 Å². The topological polar surface area (TPSA) is 86.3 Å². The van der Waals surface area contributed by atoms with Crippen molar-refractivity contribution in [3.8, 4) is 11.4 Å². The molecule has 0 radical (unpaired) electrons. The number of methoxy groups -OCH3 is 1. The maximum Gasteiger partial charge on any atom is 0.237 e. The summed E-state index contributed by atoms with van der Waals surface area (Å²) < 4.78 is 12.6. The number of aryl methyl sites for hydroxylation is 1. The van der Waals surface area contributed by atoms with E-state index in [0.717, 1.165) is 48.4 Å². The van der Waals surface area contributed by atoms with Gasteiger partial charge in [-0.05, 0) is 72.9 Å². The summed E-state index contributed by atoms with van der Waals surface area (Å²) in [6, 6.07) is 9.53. The van der Waals surface area contributed by atoms with Gasteiger partial charge in [-0.15, -0.1) is 5.10 Å². The molecule has 0 saturated carbocycles. The molecule has 1 aromatic carbocycles. The van der Waals surface area contributed by atoms with E-state index in [1.54, 1.807) is 18.1 Å². The van der Waals surface area contributed by atoms with Crippen molar-refractivity contribution >= 4 is 17.7 Å². The van der Waals surface area contributed by atoms with Crippen molar-refractivity contribution in [2.45, 2.75) is 44.3 Å². The van der Waals surface area contributed by atoms with Crippen LogP contribution in [0.4, 0.5) is 0 Å². The minimum absolute atomic E-state index is 0.000284. The fraction of sp³-hybridized carbons (Fsp3) is 0.364. The molecule has 4 rings (SSSR count). The molecule has 9 heteroatoms. The van der Waals surface area contributed by atoms with Gasteiger partial charge in [0.25, 0.3) is 0 Å². The van der Waals surface area contributed by atoms with Gasteiger partial charge >= 0.3 is 0 Å². The lowest BCUT2D eigenvalue weighted by molar-refractivity contribution is -0.127. The Kier molecular flexibility index (Phi) is 6.71. The Morgan fingerprint density at radius 3 is 2.97 bits per heavy atom. The third kappa shape index (κ3) is 4.99. The van der Waals surface area contributed by atoms with Crippen LogP contribution >= 0.6 is 11.8 Å². The summed E-state index contributed by atoms with van der Waals surface area (Å²) in [5.74, 6) is 1.64. The summed E-state index contributed by atoms with van der Waals surface area (Å²) in [4.78, 5) is 15.0. The number of amides is 1. The molecule has 1 aliphatic rings. The molecule has 2 heterocycles. The minimum atomic E-state index is 0.000284. The van der Waals surface area contributed by atoms with Gasteiger partial charge in [-0.2, -0.15) is 4.68 Å². The number of hydrogen-bond donors (Lipinski definition) is 0. The average molecular weight is 440 g/mol. The monoisotopic (exact) mass is 439 g/mol. The first-order chi connectivity index (χ1) is 15.2. The fourth-order valence-corrected chi connectivity index (χ4v) is 4.32. The van der Waals surface area contributed by atoms with E-state index in [9.17, 15) is 4.79 Å². The molecule has 0 N–H and O–H groups in total. The summed E-state index contributed by atoms with van der Waals surface area (Å²) >= 11 is 1.31. The van der Waals surface area contributed by atoms with Gasteiger partial charge in [0.15, 0.2) is 0 Å². The SMILES string of the molecule is COc1ccc(C)cc1-n1nnnc1SCC(=O)N(Cc1ccco1)C1=CCCCC1. The standard InChI is InChI=1S/C22H25N5O3S/c1-16-10-11-20(29-2)19(13-16)27-22(23-24-25-27)31-15-21(28)26(14-18-9-6-12-30-18)17-7-4-3-5-8-17/h6-7,9-13H,3-5,8,14-15H2,1-2H3. The van der Waals surface area contributed by atoms with Gasteiger partial charge in [0.1, 0.15) is 17.2 Å². The second kappa shape index (κ2) is 9.82. The Hall–Kier alpha value is -3.07. The van der Waals surface area contributed by atoms with Crippen LogP contribution in [0.15, 0.2) is 57.9 Å². The summed E-state index contributed by atoms with van der Waals surface area (Å²) in [6.45, 7) is 2.42. The molecular weight excluding hydrogens is 414 g/mol. The van der Waals surface area contributed by atoms with Crippen molar-refractivity contribution in [3.63, 3.8) is 0 Å². The number of hydrogen-bond acceptors (Lipinski definition) is 7. The van der Waals surface area contributed by atoms with Crippen LogP contribution in [-0.2, 0) is 11.3 Å². The Bertz CT molecular complexity index is 1060. The van der Waals surface area contributed by atoms with E-state index in [1.165, 1.54) is 11.8 Å². The van der Waals surface area contributed by atoms with E-state index < -0.39 is 0 Å². The van der Waals surface area contributed by atoms with Crippen LogP contribution in [0.2, 0.25) is 0 Å². The van der Waals surface area contributed by atoms with Crippen LogP contribution in [0.25, 0.3) is 5.69 Å². The molecule has 3 aromatic rings. The zero-order chi connectivity index (χ0) is 21.6. The van der Waals surface area contributed by atoms with E-state index in [1.807, 2.05) is 42.2 Å². The largest absolute Gasteiger partial charge is 0.494 e. The molecule has 0 atom stereocenters. The molecule has 1 aliphatic carbocycles. The number of furan rings is 1. The Labute approximate surface area is 185 Å². The molecule has 162 valence electrons. The van der Waals surface area contributed by atoms with Crippen LogP contribution in [0, 0.1) is 6.92 Å². The van der Waals surface area contributed by atoms with Gasteiger partial charge in [0, 0.05) is 5.70 Å². The molecule has 0 bridgehead atoms. The number of benzene rings is 1. The predicted octanol–water partition coefficient (Wildman–Crippen LogP) is 4.15. The van der Waals surface area contributed by atoms with Crippen LogP contribution < -0.4 is 4.74 Å². The fourth-order valence-electron chi connectivity index (χ4n) is 3.56. The number of ether oxygens (including phenoxy) is 1. The number of allylic oxidation sites excluding steroid dienone is 2. The van der Waals surface area contributed by atoms with Crippen molar-refractivity contribution in [1.82, 2.24) is 25.1 Å². The predicted molar refractivity (Wildman–Crippen MR) is 117 cm³/mol. The number of thioether (sulfide) groups is 1. The molecule has 1 amide bonds. The lowest BCUT2D eigenvalue weighted by Crippen LogP contribution is -2.32. The molecule has 8 nitrogen and oxygen atoms in total. The third-order valence-electron chi connectivity index (χ3n) is 5.14. The van der Waals surface area contributed by atoms with Crippen molar-refractivity contribution in [3.05, 3.63) is 59.7 Å². The molecule has 0 spiro atoms. The number of aromatic nitrogens is 4. The molecule has 2 aromatic heterocycles. The zero-order valence-corrected chi connectivity index (χ0v) is 18.5. The third-order valence-corrected chi connectivity index (χ3v) is 6.04. The molecule has 31 heavy (non-hydrogen) atoms. The van der Waals surface area contributed by atoms with E-state index in [4.69, 9.17) is 9.15 Å². The average Bonchev–Trinajstić information content (AvgIpc) is 3.48. The number of tetrazole rings is 1. The lowest BCUT2D eigenvalue weighted by atomic mass is 10.0. The summed E-state index contributed by atoms with van der Waals surface area (Å²) in [6.07, 6.45) is 7.94. The first kappa shape index (κ1) is 21.2. The molecule has 0 saturated heterocycles. The smallest absolute Gasteiger partial charge is 0.237 e. The first-order valence-corrected chi connectivity index (χ1v) is 11.2. The lowest BCUT2D eigenvalue weighted by Gasteiger charge is -2.27. The Morgan fingerprint density at radius 1 is 1.32 bits per heavy atom. The van der Waals surface area contributed by atoms with E-state index in [-0.39, 0.29) is 11.7 Å². The molecule has 0 fully saturated rings. The van der Waals surface area contributed by atoms with E-state index >= 15 is 0 Å². The number of carbonyl (C=O) groups excluding carboxylic acids is 1. The number of carbonyl (C=O) groups is 1. The highest BCUT2D eigenvalue weighted by molar-refractivity contribution is 7.99. The van der Waals surface area contributed by atoms with Crippen LogP contribution in [0.1, 0.15) is 37.0 Å². The normalized spacial score (nSPS) is 13.7. The highest BCUT2D eigenvalue weighted by Crippen LogP contribution is 2.28. The summed E-state index contributed by atoms with van der Waals surface area (Å²) in [5, 5.41) is 12.6. The van der Waals surface area contributed by atoms with Crippen molar-refractivity contribution < 1.29 is 13.9 Å². The highest BCUT2D eigenvalue weighted by Gasteiger charge is 2.23. The minimum Gasteiger partial charge on any atom is -0.494 e. The van der Waals surface area contributed by atoms with Crippen LogP contribution in [0.5, 0.6) is 5.75 Å². The zero-order valence-electron chi connectivity index (χ0n) is 17.7. The summed E-state index contributed by atoms with van der Waals surface area (Å²) in [5.41, 5.74) is 2.87. The van der Waals surface area contributed by atoms with Gasteiger partial charge < -0.3 is 14.1 Å². The van der Waals surface area contributed by atoms with Crippen molar-refractivity contribution in [1.29, 1.82) is 0 Å². The molecule has 0 aliphatic heterocycles. The Balaban J connectivity index is 1.52. The number of nitrogens with zero attached hydrogens (tertiary/aromatic N) is 5. The van der Waals surface area contributed by atoms with E-state index in [2.05, 4.69) is 21.6 Å². The van der Waals surface area contributed by atoms with Crippen molar-refractivity contribution in [2.24, 2.45) is 0 Å². The van der Waals surface area contributed by atoms with Crippen LogP contribution in [0.3, 0.4) is 0 Å². The second-order valence-electron chi connectivity index (χ2n) is 7.34. The molecular formula is C22H25N5O3S. The Morgan fingerprint density at radius 2 is 2.23 bits per heavy atom. The number of rotatable bonds is 8. The first-order valence-electron chi connectivity index (χ1n) is 10.2. The van der Waals surface area contributed by atoms with Gasteiger partial charge in [0.2, 0.25) is 11.1 Å². The highest BCUT2D eigenvalue weighted by atomic mass is 32.2. The summed E-state index contributed by atoms with van der Waals surface area (Å²) in [7, 11) is 1.61. The second-order valence-corrected chi connectivity index (χ2v) is 8.28. The maximum absolute atomic E-state index is 13.2. The van der Waals surface area contributed by atoms with E-state index in [0.29, 0.717) is 17.5 Å². The quantitative estimate of drug-likeness (QED) is 0.487. The van der Waals surface area contributed by atoms with Gasteiger partial charge in [-0.1, -0.05) is 23.9 Å². The molecule has 0 unspecified atom stereocenters.